The molecule has 1 aliphatic heterocycles. The fourth-order valence-electron chi connectivity index (χ4n) is 2.61. The van der Waals surface area contributed by atoms with Gasteiger partial charge in [-0.05, 0) is 32.0 Å². The van der Waals surface area contributed by atoms with E-state index in [2.05, 4.69) is 25.9 Å². The van der Waals surface area contributed by atoms with E-state index in [4.69, 9.17) is 5.73 Å². The molecule has 0 bridgehead atoms. The number of nitrogens with zero attached hydrogens (tertiary/aromatic N) is 3. The summed E-state index contributed by atoms with van der Waals surface area (Å²) in [7, 11) is 0. The number of fused-ring (bicyclic) bond motifs is 1. The second-order valence-electron chi connectivity index (χ2n) is 5.23. The lowest BCUT2D eigenvalue weighted by atomic mass is 9.91. The lowest BCUT2D eigenvalue weighted by molar-refractivity contribution is 0.383. The summed E-state index contributed by atoms with van der Waals surface area (Å²) in [5, 5.41) is 0. The van der Waals surface area contributed by atoms with Crippen molar-refractivity contribution < 1.29 is 4.39 Å². The van der Waals surface area contributed by atoms with Gasteiger partial charge < -0.3 is 10.3 Å². The van der Waals surface area contributed by atoms with Crippen molar-refractivity contribution in [1.29, 1.82) is 0 Å². The molecule has 1 aromatic carbocycles. The molecule has 1 aromatic heterocycles. The van der Waals surface area contributed by atoms with Crippen LogP contribution in [0.1, 0.15) is 24.0 Å². The van der Waals surface area contributed by atoms with Crippen LogP contribution in [-0.4, -0.2) is 15.4 Å². The number of benzene rings is 1. The monoisotopic (exact) mass is 336 g/mol. The predicted octanol–water partition coefficient (Wildman–Crippen LogP) is 2.73. The molecule has 0 radical (unpaired) electrons. The number of hydrogen-bond acceptors (Lipinski definition) is 3. The quantitative estimate of drug-likeness (QED) is 0.870. The Morgan fingerprint density at radius 1 is 1.45 bits per heavy atom. The zero-order valence-corrected chi connectivity index (χ0v) is 12.8. The van der Waals surface area contributed by atoms with Gasteiger partial charge in [0.15, 0.2) is 11.7 Å². The maximum absolute atomic E-state index is 14.2. The number of aliphatic imine (C=N–C) groups is 1. The minimum atomic E-state index is -0.738. The molecule has 6 heteroatoms. The second-order valence-corrected chi connectivity index (χ2v) is 6.14. The molecule has 2 aromatic rings. The van der Waals surface area contributed by atoms with Crippen molar-refractivity contribution >= 4 is 21.8 Å². The Hall–Kier alpha value is -1.69. The van der Waals surface area contributed by atoms with Gasteiger partial charge in [0.25, 0.3) is 0 Å². The Morgan fingerprint density at radius 2 is 2.20 bits per heavy atom. The van der Waals surface area contributed by atoms with Gasteiger partial charge in [0.1, 0.15) is 11.4 Å². The van der Waals surface area contributed by atoms with E-state index in [1.165, 1.54) is 6.07 Å². The van der Waals surface area contributed by atoms with E-state index < -0.39 is 5.54 Å². The van der Waals surface area contributed by atoms with Crippen molar-refractivity contribution in [2.24, 2.45) is 10.7 Å². The van der Waals surface area contributed by atoms with Crippen LogP contribution in [0.2, 0.25) is 0 Å². The van der Waals surface area contributed by atoms with Gasteiger partial charge >= 0.3 is 0 Å². The van der Waals surface area contributed by atoms with E-state index >= 15 is 0 Å². The van der Waals surface area contributed by atoms with Crippen molar-refractivity contribution in [3.8, 4) is 0 Å². The van der Waals surface area contributed by atoms with E-state index in [-0.39, 0.29) is 5.82 Å². The van der Waals surface area contributed by atoms with Crippen LogP contribution in [-0.2, 0) is 12.1 Å². The van der Waals surface area contributed by atoms with Crippen LogP contribution in [0.5, 0.6) is 0 Å². The molecule has 4 nitrogen and oxygen atoms in total. The Labute approximate surface area is 124 Å². The Morgan fingerprint density at radius 3 is 2.95 bits per heavy atom. The summed E-state index contributed by atoms with van der Waals surface area (Å²) < 4.78 is 16.9. The average molecular weight is 337 g/mol. The highest BCUT2D eigenvalue weighted by Crippen LogP contribution is 2.34. The van der Waals surface area contributed by atoms with Crippen molar-refractivity contribution in [1.82, 2.24) is 9.55 Å². The molecule has 0 saturated carbocycles. The van der Waals surface area contributed by atoms with Crippen LogP contribution in [0, 0.1) is 12.7 Å². The summed E-state index contributed by atoms with van der Waals surface area (Å²) in [6.07, 6.45) is 1.91. The Kier molecular flexibility index (Phi) is 2.93. The molecule has 1 unspecified atom stereocenters. The molecule has 0 spiro atoms. The zero-order chi connectivity index (χ0) is 14.5. The van der Waals surface area contributed by atoms with Gasteiger partial charge in [-0.15, -0.1) is 0 Å². The van der Waals surface area contributed by atoms with Crippen LogP contribution < -0.4 is 5.73 Å². The SMILES string of the molecule is Cc1cn2c(n1)C(N)=NC(C)(c1cc(Br)ccc1F)C2. The van der Waals surface area contributed by atoms with Crippen LogP contribution in [0.3, 0.4) is 0 Å². The van der Waals surface area contributed by atoms with E-state index in [1.807, 2.05) is 24.6 Å². The summed E-state index contributed by atoms with van der Waals surface area (Å²) in [6, 6.07) is 4.86. The molecule has 0 saturated heterocycles. The molecule has 0 amide bonds. The summed E-state index contributed by atoms with van der Waals surface area (Å²) >= 11 is 3.37. The molecule has 0 fully saturated rings. The molecule has 3 rings (SSSR count). The second kappa shape index (κ2) is 4.41. The summed E-state index contributed by atoms with van der Waals surface area (Å²) in [5.74, 6) is 0.703. The highest BCUT2D eigenvalue weighted by molar-refractivity contribution is 9.10. The first-order valence-corrected chi connectivity index (χ1v) is 7.03. The molecule has 1 atom stereocenters. The van der Waals surface area contributed by atoms with Gasteiger partial charge in [-0.3, -0.25) is 4.99 Å². The van der Waals surface area contributed by atoms with E-state index in [0.29, 0.717) is 23.8 Å². The predicted molar refractivity (Wildman–Crippen MR) is 79.1 cm³/mol. The lowest BCUT2D eigenvalue weighted by Gasteiger charge is -2.31. The fraction of sp³-hybridized carbons (Fsp3) is 0.286. The standard InChI is InChI=1S/C14H14BrFN4/c1-8-6-20-7-14(2,19-12(17)13(20)18-8)10-5-9(15)3-4-11(10)16/h3-6H,7H2,1-2H3,(H2,17,19). The number of halogens is 2. The number of nitrogens with two attached hydrogens (primary N) is 1. The molecule has 0 aliphatic carbocycles. The van der Waals surface area contributed by atoms with Crippen LogP contribution in [0.15, 0.2) is 33.9 Å². The van der Waals surface area contributed by atoms with Gasteiger partial charge in [-0.2, -0.15) is 0 Å². The van der Waals surface area contributed by atoms with Crippen molar-refractivity contribution in [2.75, 3.05) is 0 Å². The van der Waals surface area contributed by atoms with E-state index in [0.717, 1.165) is 10.2 Å². The topological polar surface area (TPSA) is 56.2 Å². The zero-order valence-electron chi connectivity index (χ0n) is 11.2. The summed E-state index contributed by atoms with van der Waals surface area (Å²) in [4.78, 5) is 8.83. The summed E-state index contributed by atoms with van der Waals surface area (Å²) in [5.41, 5.74) is 6.65. The normalized spacial score (nSPS) is 21.5. The number of aromatic nitrogens is 2. The minimum absolute atomic E-state index is 0.285. The molecule has 20 heavy (non-hydrogen) atoms. The van der Waals surface area contributed by atoms with Crippen LogP contribution in [0.4, 0.5) is 4.39 Å². The third-order valence-electron chi connectivity index (χ3n) is 3.48. The number of aryl methyl sites for hydroxylation is 1. The Bertz CT molecular complexity index is 722. The first-order valence-electron chi connectivity index (χ1n) is 6.24. The van der Waals surface area contributed by atoms with Crippen LogP contribution >= 0.6 is 15.9 Å². The molecular weight excluding hydrogens is 323 g/mol. The van der Waals surface area contributed by atoms with E-state index in [1.54, 1.807) is 12.1 Å². The maximum atomic E-state index is 14.2. The highest BCUT2D eigenvalue weighted by atomic mass is 79.9. The Balaban J connectivity index is 2.14. The van der Waals surface area contributed by atoms with Gasteiger partial charge in [-0.1, -0.05) is 15.9 Å². The van der Waals surface area contributed by atoms with Gasteiger partial charge in [-0.25, -0.2) is 9.37 Å². The number of rotatable bonds is 1. The first-order chi connectivity index (χ1) is 9.39. The molecule has 2 N–H and O–H groups in total. The largest absolute Gasteiger partial charge is 0.381 e. The first kappa shape index (κ1) is 13.3. The smallest absolute Gasteiger partial charge is 0.175 e. The molecule has 2 heterocycles. The summed E-state index contributed by atoms with van der Waals surface area (Å²) in [6.45, 7) is 4.29. The highest BCUT2D eigenvalue weighted by Gasteiger charge is 2.35. The van der Waals surface area contributed by atoms with Crippen LogP contribution in [0.25, 0.3) is 0 Å². The molecular formula is C14H14BrFN4. The maximum Gasteiger partial charge on any atom is 0.175 e. The third kappa shape index (κ3) is 2.04. The van der Waals surface area contributed by atoms with Crippen molar-refractivity contribution in [3.05, 3.63) is 51.8 Å². The minimum Gasteiger partial charge on any atom is -0.381 e. The number of imidazole rings is 1. The van der Waals surface area contributed by atoms with Gasteiger partial charge in [0, 0.05) is 16.2 Å². The van der Waals surface area contributed by atoms with E-state index in [9.17, 15) is 4.39 Å². The number of hydrogen-bond donors (Lipinski definition) is 1. The fourth-order valence-corrected chi connectivity index (χ4v) is 2.97. The van der Waals surface area contributed by atoms with Crippen molar-refractivity contribution in [2.45, 2.75) is 25.9 Å². The van der Waals surface area contributed by atoms with Gasteiger partial charge in [0.2, 0.25) is 0 Å². The lowest BCUT2D eigenvalue weighted by Crippen LogP contribution is -2.37. The molecule has 104 valence electrons. The van der Waals surface area contributed by atoms with Gasteiger partial charge in [0.05, 0.1) is 12.2 Å². The van der Waals surface area contributed by atoms with Crippen molar-refractivity contribution in [3.63, 3.8) is 0 Å². The molecule has 1 aliphatic rings. The average Bonchev–Trinajstić information content (AvgIpc) is 2.73. The number of amidine groups is 1. The third-order valence-corrected chi connectivity index (χ3v) is 3.97.